The number of hydrogen-bond donors (Lipinski definition) is 0. The number of para-hydroxylation sites is 2. The molecular formula is C28H23Cl2NSTi. The van der Waals surface area contributed by atoms with E-state index in [4.69, 9.17) is 0 Å². The van der Waals surface area contributed by atoms with Crippen molar-refractivity contribution in [1.82, 2.24) is 0 Å². The maximum atomic E-state index is 3.19. The van der Waals surface area contributed by atoms with Gasteiger partial charge in [-0.05, 0) is 30.0 Å². The van der Waals surface area contributed by atoms with E-state index in [1.807, 2.05) is 11.8 Å². The molecule has 6 rings (SSSR count). The van der Waals surface area contributed by atoms with Crippen LogP contribution < -0.4 is 29.7 Å². The molecule has 0 atom stereocenters. The first-order chi connectivity index (χ1) is 14.7. The quantitative estimate of drug-likeness (QED) is 0.245. The molecule has 164 valence electrons. The molecule has 2 aliphatic rings. The van der Waals surface area contributed by atoms with E-state index in [0.717, 1.165) is 6.42 Å². The Morgan fingerprint density at radius 2 is 1.39 bits per heavy atom. The van der Waals surface area contributed by atoms with E-state index in [1.54, 1.807) is 0 Å². The van der Waals surface area contributed by atoms with Gasteiger partial charge in [0.15, 0.2) is 0 Å². The van der Waals surface area contributed by atoms with Crippen LogP contribution in [0.2, 0.25) is 0 Å². The molecule has 4 aromatic rings. The molecule has 1 aliphatic carbocycles. The number of rotatable bonds is 1. The first-order valence-corrected chi connectivity index (χ1v) is 11.1. The van der Waals surface area contributed by atoms with Crippen LogP contribution in [0.5, 0.6) is 0 Å². The Hall–Kier alpha value is -1.81. The number of nitrogens with zero attached hydrogens (tertiary/aromatic N) is 1. The van der Waals surface area contributed by atoms with Crippen LogP contribution in [0.3, 0.4) is 0 Å². The Kier molecular flexibility index (Phi) is 10.0. The van der Waals surface area contributed by atoms with Crippen molar-refractivity contribution in [3.63, 3.8) is 0 Å². The molecule has 0 amide bonds. The predicted octanol–water partition coefficient (Wildman–Crippen LogP) is 2.58. The van der Waals surface area contributed by atoms with Crippen molar-refractivity contribution in [3.05, 3.63) is 108 Å². The first-order valence-electron chi connectivity index (χ1n) is 10.3. The van der Waals surface area contributed by atoms with Gasteiger partial charge in [0.1, 0.15) is 0 Å². The monoisotopic (exact) mass is 523 g/mol. The summed E-state index contributed by atoms with van der Waals surface area (Å²) in [5, 5.41) is 2.58. The molecule has 0 saturated carbocycles. The fourth-order valence-electron chi connectivity index (χ4n) is 3.90. The Labute approximate surface area is 228 Å². The summed E-state index contributed by atoms with van der Waals surface area (Å²) in [6, 6.07) is 30.4. The third-order valence-corrected chi connectivity index (χ3v) is 6.79. The molecule has 1 heterocycles. The maximum absolute atomic E-state index is 3.19. The SMILES string of the molecule is CC1=[C-]CC=C1C.[Cl-].[Cl-].[Ti+4].c1ccc2c(c1)Sc1ccccc1N2c1cc2ccccc2[cH-]1. The molecule has 1 aliphatic heterocycles. The van der Waals surface area contributed by atoms with Gasteiger partial charge < -0.3 is 29.7 Å². The minimum atomic E-state index is 0. The zero-order valence-electron chi connectivity index (χ0n) is 18.5. The van der Waals surface area contributed by atoms with Gasteiger partial charge in [-0.25, -0.2) is 11.1 Å². The largest absolute Gasteiger partial charge is 4.00 e. The molecule has 0 N–H and O–H groups in total. The Morgan fingerprint density at radius 1 is 0.818 bits per heavy atom. The first kappa shape index (κ1) is 27.4. The Morgan fingerprint density at radius 3 is 1.91 bits per heavy atom. The topological polar surface area (TPSA) is 3.24 Å². The van der Waals surface area contributed by atoms with E-state index in [-0.39, 0.29) is 46.5 Å². The number of hydrogen-bond acceptors (Lipinski definition) is 2. The number of allylic oxidation sites excluding steroid dienone is 4. The van der Waals surface area contributed by atoms with Gasteiger partial charge >= 0.3 is 21.7 Å². The van der Waals surface area contributed by atoms with Crippen molar-refractivity contribution in [1.29, 1.82) is 0 Å². The van der Waals surface area contributed by atoms with Crippen LogP contribution in [0.4, 0.5) is 17.1 Å². The van der Waals surface area contributed by atoms with Crippen molar-refractivity contribution in [2.75, 3.05) is 4.90 Å². The second kappa shape index (κ2) is 12.1. The van der Waals surface area contributed by atoms with E-state index in [0.29, 0.717) is 0 Å². The minimum absolute atomic E-state index is 0. The summed E-state index contributed by atoms with van der Waals surface area (Å²) in [7, 11) is 0. The van der Waals surface area contributed by atoms with Crippen LogP contribution >= 0.6 is 11.8 Å². The van der Waals surface area contributed by atoms with Crippen molar-refractivity contribution in [2.24, 2.45) is 0 Å². The second-order valence-electron chi connectivity index (χ2n) is 7.61. The maximum Gasteiger partial charge on any atom is 4.00 e. The number of anilines is 3. The number of benzene rings is 3. The molecule has 33 heavy (non-hydrogen) atoms. The third kappa shape index (κ3) is 5.65. The molecular weight excluding hydrogens is 501 g/mol. The number of halogens is 2. The zero-order chi connectivity index (χ0) is 20.5. The second-order valence-corrected chi connectivity index (χ2v) is 8.69. The van der Waals surface area contributed by atoms with Gasteiger partial charge in [0.05, 0.1) is 11.4 Å². The van der Waals surface area contributed by atoms with E-state index < -0.39 is 0 Å². The van der Waals surface area contributed by atoms with Gasteiger partial charge in [0.25, 0.3) is 0 Å². The van der Waals surface area contributed by atoms with Gasteiger partial charge in [-0.1, -0.05) is 49.0 Å². The van der Waals surface area contributed by atoms with Crippen LogP contribution in [-0.2, 0) is 21.7 Å². The average Bonchev–Trinajstić information content (AvgIpc) is 3.37. The van der Waals surface area contributed by atoms with Gasteiger partial charge in [0.2, 0.25) is 0 Å². The molecule has 4 aromatic carbocycles. The fourth-order valence-corrected chi connectivity index (χ4v) is 4.95. The van der Waals surface area contributed by atoms with E-state index in [2.05, 4.69) is 116 Å². The summed E-state index contributed by atoms with van der Waals surface area (Å²) in [5.74, 6) is 0. The molecule has 0 unspecified atom stereocenters. The average molecular weight is 524 g/mol. The summed E-state index contributed by atoms with van der Waals surface area (Å²) >= 11 is 1.85. The normalized spacial score (nSPS) is 13.1. The van der Waals surface area contributed by atoms with Crippen molar-refractivity contribution >= 4 is 39.6 Å². The molecule has 0 spiro atoms. The number of fused-ring (bicyclic) bond motifs is 3. The standard InChI is InChI=1S/C21H14NS.C7H9.2ClH.Ti/c1-2-8-16-14-17(13-15(16)7-1)22-18-9-3-5-11-20(18)23-21-12-6-4-10-19(21)22;1-6-4-3-5-7(6)2;;;/h1-14H;4H,3H2,1-2H3;2*1H;/q2*-1;;;+4/p-2. The summed E-state index contributed by atoms with van der Waals surface area (Å²) in [5.41, 5.74) is 6.45. The third-order valence-electron chi connectivity index (χ3n) is 5.66. The molecule has 0 fully saturated rings. The molecule has 0 bridgehead atoms. The molecule has 1 nitrogen and oxygen atoms in total. The van der Waals surface area contributed by atoms with Crippen LogP contribution in [0, 0.1) is 6.08 Å². The fraction of sp³-hybridized carbons (Fsp3) is 0.107. The van der Waals surface area contributed by atoms with Gasteiger partial charge in [-0.2, -0.15) is 6.08 Å². The van der Waals surface area contributed by atoms with Gasteiger partial charge in [0, 0.05) is 9.79 Å². The van der Waals surface area contributed by atoms with E-state index in [1.165, 1.54) is 48.8 Å². The molecule has 0 saturated heterocycles. The van der Waals surface area contributed by atoms with E-state index >= 15 is 0 Å². The van der Waals surface area contributed by atoms with Gasteiger partial charge in [-0.15, -0.1) is 54.4 Å². The Balaban J connectivity index is 0.000000337. The van der Waals surface area contributed by atoms with Crippen molar-refractivity contribution in [3.8, 4) is 0 Å². The minimum Gasteiger partial charge on any atom is -1.00 e. The van der Waals surface area contributed by atoms with Crippen LogP contribution in [0.1, 0.15) is 20.3 Å². The summed E-state index contributed by atoms with van der Waals surface area (Å²) in [4.78, 5) is 4.98. The van der Waals surface area contributed by atoms with Crippen molar-refractivity contribution in [2.45, 2.75) is 30.1 Å². The Bertz CT molecular complexity index is 1200. The van der Waals surface area contributed by atoms with Gasteiger partial charge in [-0.3, -0.25) is 6.08 Å². The van der Waals surface area contributed by atoms with Crippen molar-refractivity contribution < 1.29 is 46.5 Å². The zero-order valence-corrected chi connectivity index (χ0v) is 22.4. The summed E-state index contributed by atoms with van der Waals surface area (Å²) < 4.78 is 0. The predicted molar refractivity (Wildman–Crippen MR) is 129 cm³/mol. The van der Waals surface area contributed by atoms with Crippen LogP contribution in [-0.4, -0.2) is 0 Å². The molecule has 5 heteroatoms. The smallest absolute Gasteiger partial charge is 1.00 e. The van der Waals surface area contributed by atoms with Crippen LogP contribution in [0.15, 0.2) is 112 Å². The van der Waals surface area contributed by atoms with E-state index in [9.17, 15) is 0 Å². The molecule has 0 aromatic heterocycles. The van der Waals surface area contributed by atoms with Crippen LogP contribution in [0.25, 0.3) is 10.8 Å². The summed E-state index contributed by atoms with van der Waals surface area (Å²) in [6.45, 7) is 4.22. The molecule has 0 radical (unpaired) electrons. The summed E-state index contributed by atoms with van der Waals surface area (Å²) in [6.07, 6.45) is 6.41.